The van der Waals surface area contributed by atoms with E-state index in [1.54, 1.807) is 23.1 Å². The van der Waals surface area contributed by atoms with Crippen LogP contribution in [0.5, 0.6) is 5.75 Å². The summed E-state index contributed by atoms with van der Waals surface area (Å²) in [7, 11) is 0. The van der Waals surface area contributed by atoms with Crippen molar-refractivity contribution in [1.29, 1.82) is 0 Å². The monoisotopic (exact) mass is 604 g/mol. The van der Waals surface area contributed by atoms with Gasteiger partial charge in [0, 0.05) is 23.5 Å². The zero-order valence-electron chi connectivity index (χ0n) is 21.4. The summed E-state index contributed by atoms with van der Waals surface area (Å²) >= 11 is 15.9. The molecule has 3 rings (SSSR count). The Labute approximate surface area is 237 Å². The van der Waals surface area contributed by atoms with Crippen molar-refractivity contribution in [3.05, 3.63) is 97.4 Å². The van der Waals surface area contributed by atoms with Gasteiger partial charge in [0.2, 0.25) is 5.91 Å². The van der Waals surface area contributed by atoms with E-state index < -0.39 is 6.04 Å². The van der Waals surface area contributed by atoms with E-state index in [1.165, 1.54) is 0 Å². The highest BCUT2D eigenvalue weighted by atomic mass is 79.9. The van der Waals surface area contributed by atoms with Crippen molar-refractivity contribution in [3.63, 3.8) is 0 Å². The van der Waals surface area contributed by atoms with E-state index in [0.717, 1.165) is 26.7 Å². The largest absolute Gasteiger partial charge is 0.484 e. The van der Waals surface area contributed by atoms with Crippen molar-refractivity contribution in [1.82, 2.24) is 10.2 Å². The third kappa shape index (κ3) is 8.22. The zero-order chi connectivity index (χ0) is 27.1. The first-order valence-electron chi connectivity index (χ1n) is 12.0. The predicted octanol–water partition coefficient (Wildman–Crippen LogP) is 6.92. The standard InChI is InChI=1S/C29H31BrCl2N2O3/c1-18(2)33-29(36)26(15-21-8-6-5-7-9-21)34(16-22-10-11-24(31)25(32)14-22)27(35)17-37-23-12-19(3)28(30)20(4)13-23/h5-14,18,26H,15-17H2,1-4H3,(H,33,36). The van der Waals surface area contributed by atoms with Crippen LogP contribution in [0.2, 0.25) is 10.0 Å². The number of carbonyl (C=O) groups excluding carboxylic acids is 2. The average molecular weight is 606 g/mol. The average Bonchev–Trinajstić information content (AvgIpc) is 2.85. The fraction of sp³-hybridized carbons (Fsp3) is 0.310. The van der Waals surface area contributed by atoms with Gasteiger partial charge in [-0.05, 0) is 74.2 Å². The van der Waals surface area contributed by atoms with Crippen LogP contribution < -0.4 is 10.1 Å². The lowest BCUT2D eigenvalue weighted by molar-refractivity contribution is -0.143. The summed E-state index contributed by atoms with van der Waals surface area (Å²) in [5, 5.41) is 3.78. The van der Waals surface area contributed by atoms with E-state index in [-0.39, 0.29) is 31.0 Å². The second-order valence-electron chi connectivity index (χ2n) is 9.30. The lowest BCUT2D eigenvalue weighted by Gasteiger charge is -2.32. The molecule has 0 aliphatic heterocycles. The number of rotatable bonds is 10. The van der Waals surface area contributed by atoms with Crippen LogP contribution in [0, 0.1) is 13.8 Å². The number of hydrogen-bond donors (Lipinski definition) is 1. The Hall–Kier alpha value is -2.54. The molecule has 0 spiro atoms. The minimum atomic E-state index is -0.760. The number of hydrogen-bond acceptors (Lipinski definition) is 3. The Bertz CT molecular complexity index is 1230. The van der Waals surface area contributed by atoms with Gasteiger partial charge in [0.15, 0.2) is 6.61 Å². The van der Waals surface area contributed by atoms with Gasteiger partial charge in [0.25, 0.3) is 5.91 Å². The highest BCUT2D eigenvalue weighted by Crippen LogP contribution is 2.27. The maximum Gasteiger partial charge on any atom is 0.261 e. The fourth-order valence-corrected chi connectivity index (χ4v) is 4.54. The minimum absolute atomic E-state index is 0.0855. The van der Waals surface area contributed by atoms with Gasteiger partial charge in [-0.25, -0.2) is 0 Å². The molecule has 2 amide bonds. The molecule has 3 aromatic carbocycles. The van der Waals surface area contributed by atoms with Gasteiger partial charge in [-0.1, -0.05) is 75.5 Å². The first kappa shape index (κ1) is 29.0. The van der Waals surface area contributed by atoms with Crippen molar-refractivity contribution < 1.29 is 14.3 Å². The zero-order valence-corrected chi connectivity index (χ0v) is 24.5. The van der Waals surface area contributed by atoms with Crippen LogP contribution in [0.15, 0.2) is 65.1 Å². The summed E-state index contributed by atoms with van der Waals surface area (Å²) in [5.74, 6) is 0.0407. The molecule has 196 valence electrons. The predicted molar refractivity (Wildman–Crippen MR) is 153 cm³/mol. The number of halogens is 3. The van der Waals surface area contributed by atoms with E-state index in [9.17, 15) is 9.59 Å². The SMILES string of the molecule is Cc1cc(OCC(=O)N(Cc2ccc(Cl)c(Cl)c2)C(Cc2ccccc2)C(=O)NC(C)C)cc(C)c1Br. The normalized spacial score (nSPS) is 11.8. The quantitative estimate of drug-likeness (QED) is 0.273. The highest BCUT2D eigenvalue weighted by Gasteiger charge is 2.31. The number of aryl methyl sites for hydroxylation is 2. The molecule has 8 heteroatoms. The molecule has 0 aromatic heterocycles. The van der Waals surface area contributed by atoms with Crippen LogP contribution in [-0.4, -0.2) is 35.4 Å². The summed E-state index contributed by atoms with van der Waals surface area (Å²) in [5.41, 5.74) is 3.72. The molecule has 0 aliphatic rings. The van der Waals surface area contributed by atoms with E-state index in [0.29, 0.717) is 22.2 Å². The fourth-order valence-electron chi connectivity index (χ4n) is 3.99. The number of ether oxygens (including phenoxy) is 1. The van der Waals surface area contributed by atoms with E-state index in [4.69, 9.17) is 27.9 Å². The van der Waals surface area contributed by atoms with Gasteiger partial charge < -0.3 is 15.0 Å². The maximum absolute atomic E-state index is 13.7. The summed E-state index contributed by atoms with van der Waals surface area (Å²) in [4.78, 5) is 28.7. The van der Waals surface area contributed by atoms with Crippen molar-refractivity contribution >= 4 is 50.9 Å². The molecule has 0 saturated carbocycles. The first-order chi connectivity index (χ1) is 17.5. The van der Waals surface area contributed by atoms with Crippen LogP contribution in [0.4, 0.5) is 0 Å². The second kappa shape index (κ2) is 13.3. The number of carbonyl (C=O) groups is 2. The summed E-state index contributed by atoms with van der Waals surface area (Å²) in [6.45, 7) is 7.67. The van der Waals surface area contributed by atoms with Crippen molar-refractivity contribution in [2.24, 2.45) is 0 Å². The third-order valence-corrected chi connectivity index (χ3v) is 7.80. The summed E-state index contributed by atoms with van der Waals surface area (Å²) in [6.07, 6.45) is 0.350. The first-order valence-corrected chi connectivity index (χ1v) is 13.6. The number of benzene rings is 3. The van der Waals surface area contributed by atoms with Gasteiger partial charge in [-0.3, -0.25) is 9.59 Å². The molecule has 5 nitrogen and oxygen atoms in total. The van der Waals surface area contributed by atoms with Gasteiger partial charge in [0.1, 0.15) is 11.8 Å². The number of amides is 2. The smallest absolute Gasteiger partial charge is 0.261 e. The van der Waals surface area contributed by atoms with E-state index in [1.807, 2.05) is 70.2 Å². The molecule has 0 aliphatic carbocycles. The van der Waals surface area contributed by atoms with Crippen LogP contribution in [-0.2, 0) is 22.6 Å². The maximum atomic E-state index is 13.7. The highest BCUT2D eigenvalue weighted by molar-refractivity contribution is 9.10. The van der Waals surface area contributed by atoms with Crippen LogP contribution in [0.1, 0.15) is 36.1 Å². The molecule has 0 bridgehead atoms. The number of nitrogens with one attached hydrogen (secondary N) is 1. The van der Waals surface area contributed by atoms with Gasteiger partial charge >= 0.3 is 0 Å². The molecule has 3 aromatic rings. The van der Waals surface area contributed by atoms with Crippen molar-refractivity contribution in [2.45, 2.75) is 52.7 Å². The lowest BCUT2D eigenvalue weighted by atomic mass is 10.0. The van der Waals surface area contributed by atoms with Gasteiger partial charge in [-0.15, -0.1) is 0 Å². The topological polar surface area (TPSA) is 58.6 Å². The Morgan fingerprint density at radius 3 is 2.19 bits per heavy atom. The molecule has 1 atom stereocenters. The molecule has 0 fully saturated rings. The van der Waals surface area contributed by atoms with Crippen LogP contribution in [0.25, 0.3) is 0 Å². The van der Waals surface area contributed by atoms with E-state index in [2.05, 4.69) is 21.2 Å². The lowest BCUT2D eigenvalue weighted by Crippen LogP contribution is -2.52. The van der Waals surface area contributed by atoms with Crippen LogP contribution in [0.3, 0.4) is 0 Å². The molecule has 0 saturated heterocycles. The van der Waals surface area contributed by atoms with Crippen LogP contribution >= 0.6 is 39.1 Å². The minimum Gasteiger partial charge on any atom is -0.484 e. The molecule has 0 radical (unpaired) electrons. The van der Waals surface area contributed by atoms with Gasteiger partial charge in [-0.2, -0.15) is 0 Å². The Morgan fingerprint density at radius 2 is 1.59 bits per heavy atom. The van der Waals surface area contributed by atoms with E-state index >= 15 is 0 Å². The van der Waals surface area contributed by atoms with Gasteiger partial charge in [0.05, 0.1) is 10.0 Å². The molecular formula is C29H31BrCl2N2O3. The summed E-state index contributed by atoms with van der Waals surface area (Å²) < 4.78 is 6.92. The molecule has 1 unspecified atom stereocenters. The third-order valence-electron chi connectivity index (χ3n) is 5.81. The molecule has 37 heavy (non-hydrogen) atoms. The Balaban J connectivity index is 1.94. The Morgan fingerprint density at radius 1 is 0.946 bits per heavy atom. The second-order valence-corrected chi connectivity index (χ2v) is 10.9. The summed E-state index contributed by atoms with van der Waals surface area (Å²) in [6, 6.07) is 17.8. The van der Waals surface area contributed by atoms with Crippen molar-refractivity contribution in [3.8, 4) is 5.75 Å². The number of nitrogens with zero attached hydrogens (tertiary/aromatic N) is 1. The molecule has 1 N–H and O–H groups in total. The molecular weight excluding hydrogens is 575 g/mol. The Kier molecular flexibility index (Phi) is 10.4. The van der Waals surface area contributed by atoms with Crippen molar-refractivity contribution in [2.75, 3.05) is 6.61 Å². The molecule has 0 heterocycles.